The largest absolute Gasteiger partial charge is 0.394 e. The quantitative estimate of drug-likeness (QED) is 0.649. The van der Waals surface area contributed by atoms with E-state index in [4.69, 9.17) is 15.8 Å². The van der Waals surface area contributed by atoms with Crippen molar-refractivity contribution in [2.24, 2.45) is 5.73 Å². The van der Waals surface area contributed by atoms with E-state index in [2.05, 4.69) is 74.3 Å². The Morgan fingerprint density at radius 3 is 2.45 bits per heavy atom. The maximum Gasteiger partial charge on any atom is 0.239 e. The Hall–Kier alpha value is -2.44. The molecule has 33 heavy (non-hydrogen) atoms. The fraction of sp³-hybridized carbons (Fsp3) is 0.556. The number of aliphatic hydroxyl groups is 1. The van der Waals surface area contributed by atoms with Crippen LogP contribution in [-0.2, 0) is 15.6 Å². The molecule has 0 bridgehead atoms. The third-order valence-corrected chi connectivity index (χ3v) is 7.58. The minimum atomic E-state index is -0.853. The predicted octanol–water partition coefficient (Wildman–Crippen LogP) is 3.50. The number of pyridine rings is 1. The van der Waals surface area contributed by atoms with Gasteiger partial charge in [-0.25, -0.2) is 4.98 Å². The molecule has 178 valence electrons. The van der Waals surface area contributed by atoms with Crippen molar-refractivity contribution in [3.63, 3.8) is 0 Å². The highest BCUT2D eigenvalue weighted by molar-refractivity contribution is 5.81. The monoisotopic (exact) mass is 450 g/mol. The lowest BCUT2D eigenvalue weighted by atomic mass is 9.63. The van der Waals surface area contributed by atoms with E-state index in [-0.39, 0.29) is 29.4 Å². The molecule has 1 aliphatic heterocycles. The third kappa shape index (κ3) is 4.92. The van der Waals surface area contributed by atoms with Gasteiger partial charge in [-0.15, -0.1) is 0 Å². The Labute approximate surface area is 197 Å². The summed E-state index contributed by atoms with van der Waals surface area (Å²) in [7, 11) is 0. The predicted molar refractivity (Wildman–Crippen MR) is 133 cm³/mol. The number of carbonyl (C=O) groups is 1. The number of nitrogens with zero attached hydrogens (tertiary/aromatic N) is 2. The van der Waals surface area contributed by atoms with Crippen molar-refractivity contribution >= 4 is 11.7 Å². The molecule has 2 aliphatic rings. The van der Waals surface area contributed by atoms with Gasteiger partial charge >= 0.3 is 0 Å². The van der Waals surface area contributed by atoms with Crippen LogP contribution in [0.5, 0.6) is 0 Å². The van der Waals surface area contributed by atoms with Crippen molar-refractivity contribution < 1.29 is 9.90 Å². The first-order chi connectivity index (χ1) is 15.6. The summed E-state index contributed by atoms with van der Waals surface area (Å²) < 4.78 is 0. The number of rotatable bonds is 5. The number of nitrogens with one attached hydrogen (secondary N) is 1. The van der Waals surface area contributed by atoms with Gasteiger partial charge in [0.05, 0.1) is 12.3 Å². The number of anilines is 1. The van der Waals surface area contributed by atoms with Gasteiger partial charge in [0.1, 0.15) is 11.9 Å². The Morgan fingerprint density at radius 1 is 1.12 bits per heavy atom. The zero-order valence-electron chi connectivity index (χ0n) is 20.4. The molecule has 1 saturated heterocycles. The summed E-state index contributed by atoms with van der Waals surface area (Å²) >= 11 is 0. The zero-order valence-corrected chi connectivity index (χ0v) is 20.4. The minimum Gasteiger partial charge on any atom is -0.394 e. The Balaban J connectivity index is 1.50. The first-order valence-electron chi connectivity index (χ1n) is 12.1. The molecule has 6 nitrogen and oxygen atoms in total. The lowest BCUT2D eigenvalue weighted by molar-refractivity contribution is -0.124. The highest BCUT2D eigenvalue weighted by atomic mass is 16.3. The second-order valence-corrected chi connectivity index (χ2v) is 11.0. The van der Waals surface area contributed by atoms with E-state index in [0.717, 1.165) is 37.4 Å². The standard InChI is InChI=1S/C27H38N4O2/c1-26(2)12-13-27(3,4)21-16-18(8-9-20(21)26)23-6-5-7-24(30-23)31-14-10-19(11-15-31)29-25(33)22(28)17-32/h5-9,16,19,22,32H,10-15,17,28H2,1-4H3,(H,29,33)/t22-/m0/s1. The van der Waals surface area contributed by atoms with E-state index in [9.17, 15) is 4.79 Å². The minimum absolute atomic E-state index is 0.0840. The number of aromatic nitrogens is 1. The Kier molecular flexibility index (Phi) is 6.52. The summed E-state index contributed by atoms with van der Waals surface area (Å²) in [4.78, 5) is 19.3. The topological polar surface area (TPSA) is 91.5 Å². The van der Waals surface area contributed by atoms with Crippen LogP contribution in [0.25, 0.3) is 11.3 Å². The average Bonchev–Trinajstić information content (AvgIpc) is 2.82. The maximum atomic E-state index is 12.0. The van der Waals surface area contributed by atoms with Crippen LogP contribution in [0.3, 0.4) is 0 Å². The Bertz CT molecular complexity index is 1010. The molecule has 1 aliphatic carbocycles. The van der Waals surface area contributed by atoms with Crippen molar-refractivity contribution in [2.45, 2.75) is 76.3 Å². The van der Waals surface area contributed by atoms with E-state index in [1.54, 1.807) is 0 Å². The molecule has 1 fully saturated rings. The molecule has 1 aromatic heterocycles. The number of amides is 1. The van der Waals surface area contributed by atoms with Crippen LogP contribution in [0.4, 0.5) is 5.82 Å². The van der Waals surface area contributed by atoms with Gasteiger partial charge in [-0.3, -0.25) is 4.79 Å². The van der Waals surface area contributed by atoms with E-state index in [1.807, 2.05) is 0 Å². The molecule has 0 saturated carbocycles. The van der Waals surface area contributed by atoms with Gasteiger partial charge in [0.25, 0.3) is 0 Å². The summed E-state index contributed by atoms with van der Waals surface area (Å²) in [5.74, 6) is 0.691. The number of hydrogen-bond donors (Lipinski definition) is 3. The fourth-order valence-electron chi connectivity index (χ4n) is 5.15. The van der Waals surface area contributed by atoms with E-state index >= 15 is 0 Å². The maximum absolute atomic E-state index is 12.0. The van der Waals surface area contributed by atoms with Gasteiger partial charge in [-0.1, -0.05) is 45.9 Å². The normalized spacial score (nSPS) is 20.7. The number of piperidine rings is 1. The fourth-order valence-corrected chi connectivity index (χ4v) is 5.15. The number of carbonyl (C=O) groups excluding carboxylic acids is 1. The van der Waals surface area contributed by atoms with Crippen molar-refractivity contribution in [3.05, 3.63) is 47.5 Å². The van der Waals surface area contributed by atoms with Crippen molar-refractivity contribution in [1.82, 2.24) is 10.3 Å². The van der Waals surface area contributed by atoms with Crippen LogP contribution in [0, 0.1) is 0 Å². The first kappa shape index (κ1) is 23.7. The van der Waals surface area contributed by atoms with E-state index in [1.165, 1.54) is 29.5 Å². The van der Waals surface area contributed by atoms with Gasteiger partial charge in [0, 0.05) is 24.7 Å². The van der Waals surface area contributed by atoms with Crippen LogP contribution in [0.2, 0.25) is 0 Å². The van der Waals surface area contributed by atoms with Crippen molar-refractivity contribution in [3.8, 4) is 11.3 Å². The highest BCUT2D eigenvalue weighted by Crippen LogP contribution is 2.46. The summed E-state index contributed by atoms with van der Waals surface area (Å²) in [6, 6.07) is 12.4. The molecule has 0 spiro atoms. The number of nitrogens with two attached hydrogens (primary N) is 1. The smallest absolute Gasteiger partial charge is 0.239 e. The van der Waals surface area contributed by atoms with Gasteiger partial charge in [-0.05, 0) is 65.8 Å². The summed E-state index contributed by atoms with van der Waals surface area (Å²) in [5, 5.41) is 12.0. The third-order valence-electron chi connectivity index (χ3n) is 7.58. The molecule has 4 N–H and O–H groups in total. The second kappa shape index (κ2) is 9.07. The van der Waals surface area contributed by atoms with Gasteiger partial charge in [0.2, 0.25) is 5.91 Å². The first-order valence-corrected chi connectivity index (χ1v) is 12.1. The molecule has 2 heterocycles. The number of hydrogen-bond acceptors (Lipinski definition) is 5. The highest BCUT2D eigenvalue weighted by Gasteiger charge is 2.37. The summed E-state index contributed by atoms with van der Waals surface area (Å²) in [6.07, 6.45) is 4.07. The van der Waals surface area contributed by atoms with Gasteiger partial charge < -0.3 is 21.1 Å². The number of aliphatic hydroxyl groups excluding tert-OH is 1. The molecule has 4 rings (SSSR count). The molecular formula is C27H38N4O2. The van der Waals surface area contributed by atoms with Crippen LogP contribution in [-0.4, -0.2) is 47.8 Å². The average molecular weight is 451 g/mol. The van der Waals surface area contributed by atoms with Crippen LogP contribution in [0.1, 0.15) is 64.5 Å². The second-order valence-electron chi connectivity index (χ2n) is 11.0. The SMILES string of the molecule is CC1(C)CCC(C)(C)c2cc(-c3cccc(N4CCC(NC(=O)[C@@H](N)CO)CC4)n3)ccc21. The molecule has 1 atom stereocenters. The van der Waals surface area contributed by atoms with Crippen LogP contribution >= 0.6 is 0 Å². The molecular weight excluding hydrogens is 412 g/mol. The summed E-state index contributed by atoms with van der Waals surface area (Å²) in [5.41, 5.74) is 11.1. The molecule has 1 amide bonds. The van der Waals surface area contributed by atoms with Crippen LogP contribution < -0.4 is 16.0 Å². The van der Waals surface area contributed by atoms with E-state index < -0.39 is 6.04 Å². The summed E-state index contributed by atoms with van der Waals surface area (Å²) in [6.45, 7) is 10.7. The molecule has 2 aromatic rings. The van der Waals surface area contributed by atoms with Crippen molar-refractivity contribution in [2.75, 3.05) is 24.6 Å². The van der Waals surface area contributed by atoms with Crippen LogP contribution in [0.15, 0.2) is 36.4 Å². The van der Waals surface area contributed by atoms with E-state index in [0.29, 0.717) is 0 Å². The van der Waals surface area contributed by atoms with Crippen molar-refractivity contribution in [1.29, 1.82) is 0 Å². The Morgan fingerprint density at radius 2 is 1.79 bits per heavy atom. The molecule has 1 aromatic carbocycles. The lowest BCUT2D eigenvalue weighted by Gasteiger charge is -2.42. The van der Waals surface area contributed by atoms with Gasteiger partial charge in [-0.2, -0.15) is 0 Å². The lowest BCUT2D eigenvalue weighted by Crippen LogP contribution is -2.50. The zero-order chi connectivity index (χ0) is 23.8. The van der Waals surface area contributed by atoms with Gasteiger partial charge in [0.15, 0.2) is 0 Å². The number of benzene rings is 1. The molecule has 0 radical (unpaired) electrons. The number of fused-ring (bicyclic) bond motifs is 1. The molecule has 0 unspecified atom stereocenters. The molecule has 6 heteroatoms.